The Kier molecular flexibility index (Phi) is 6.05. The average Bonchev–Trinajstić information content (AvgIpc) is 2.71. The van der Waals surface area contributed by atoms with Crippen molar-refractivity contribution in [2.24, 2.45) is 0 Å². The van der Waals surface area contributed by atoms with Crippen molar-refractivity contribution >= 4 is 17.3 Å². The molecule has 2 aromatic carbocycles. The first-order valence-corrected chi connectivity index (χ1v) is 8.98. The van der Waals surface area contributed by atoms with E-state index in [9.17, 15) is 4.79 Å². The molecule has 2 N–H and O–H groups in total. The summed E-state index contributed by atoms with van der Waals surface area (Å²) in [5.74, 6) is 0.575. The lowest BCUT2D eigenvalue weighted by atomic mass is 10.1. The zero-order valence-electron chi connectivity index (χ0n) is 15.5. The topological polar surface area (TPSA) is 63.2 Å². The fourth-order valence-electron chi connectivity index (χ4n) is 2.70. The Bertz CT molecular complexity index is 880. The molecule has 27 heavy (non-hydrogen) atoms. The molecule has 0 spiro atoms. The maximum absolute atomic E-state index is 12.4. The van der Waals surface area contributed by atoms with Gasteiger partial charge in [-0.25, -0.2) is 4.98 Å². The van der Waals surface area contributed by atoms with E-state index in [0.717, 1.165) is 22.7 Å². The number of carbonyl (C=O) groups is 1. The highest BCUT2D eigenvalue weighted by Crippen LogP contribution is 2.27. The number of pyridine rings is 1. The Labute approximate surface area is 159 Å². The maximum atomic E-state index is 12.4. The molecule has 0 bridgehead atoms. The number of nitrogens with zero attached hydrogens (tertiary/aromatic N) is 1. The molecule has 5 nitrogen and oxygen atoms in total. The van der Waals surface area contributed by atoms with Crippen LogP contribution in [0.3, 0.4) is 0 Å². The third-order valence-electron chi connectivity index (χ3n) is 4.11. The number of carbonyl (C=O) groups excluding carboxylic acids is 1. The summed E-state index contributed by atoms with van der Waals surface area (Å²) in [5.41, 5.74) is 3.07. The van der Waals surface area contributed by atoms with Crippen molar-refractivity contribution in [3.63, 3.8) is 0 Å². The van der Waals surface area contributed by atoms with Crippen LogP contribution in [0.15, 0.2) is 72.9 Å². The van der Waals surface area contributed by atoms with E-state index in [2.05, 4.69) is 15.6 Å². The number of anilines is 2. The van der Waals surface area contributed by atoms with Gasteiger partial charge in [-0.2, -0.15) is 0 Å². The summed E-state index contributed by atoms with van der Waals surface area (Å²) in [6, 6.07) is 21.0. The van der Waals surface area contributed by atoms with Gasteiger partial charge in [-0.15, -0.1) is 0 Å². The van der Waals surface area contributed by atoms with Crippen LogP contribution in [-0.4, -0.2) is 17.5 Å². The second kappa shape index (κ2) is 8.85. The molecule has 1 heterocycles. The summed E-state index contributed by atoms with van der Waals surface area (Å²) >= 11 is 0. The van der Waals surface area contributed by atoms with E-state index in [1.54, 1.807) is 12.3 Å². The molecule has 5 heteroatoms. The van der Waals surface area contributed by atoms with Gasteiger partial charge in [0.2, 0.25) is 0 Å². The van der Waals surface area contributed by atoms with Gasteiger partial charge in [0.05, 0.1) is 30.2 Å². The number of hydrogen-bond donors (Lipinski definition) is 2. The number of ether oxygens (including phenoxy) is 1. The lowest BCUT2D eigenvalue weighted by molar-refractivity contribution is 0.0935. The first-order valence-electron chi connectivity index (χ1n) is 8.98. The number of nitrogens with one attached hydrogen (secondary N) is 2. The first kappa shape index (κ1) is 18.5. The number of rotatable bonds is 7. The minimum absolute atomic E-state index is 0.0867. The van der Waals surface area contributed by atoms with Crippen LogP contribution in [0.2, 0.25) is 0 Å². The largest absolute Gasteiger partial charge is 0.492 e. The Hall–Kier alpha value is -3.34. The van der Waals surface area contributed by atoms with Crippen LogP contribution in [0, 0.1) is 0 Å². The van der Waals surface area contributed by atoms with Gasteiger partial charge < -0.3 is 15.4 Å². The molecule has 1 amide bonds. The van der Waals surface area contributed by atoms with Crippen molar-refractivity contribution in [3.05, 3.63) is 84.2 Å². The number of amides is 1. The van der Waals surface area contributed by atoms with Crippen LogP contribution in [-0.2, 0) is 0 Å². The van der Waals surface area contributed by atoms with Gasteiger partial charge in [0.25, 0.3) is 5.91 Å². The number of hydrogen-bond acceptors (Lipinski definition) is 4. The summed E-state index contributed by atoms with van der Waals surface area (Å²) in [6.07, 6.45) is 1.64. The van der Waals surface area contributed by atoms with Crippen LogP contribution in [0.25, 0.3) is 0 Å². The third-order valence-corrected chi connectivity index (χ3v) is 4.11. The number of benzene rings is 2. The molecule has 0 fully saturated rings. The summed E-state index contributed by atoms with van der Waals surface area (Å²) < 4.78 is 5.61. The Morgan fingerprint density at radius 1 is 1.04 bits per heavy atom. The van der Waals surface area contributed by atoms with Crippen molar-refractivity contribution < 1.29 is 9.53 Å². The molecule has 138 valence electrons. The highest BCUT2D eigenvalue weighted by molar-refractivity contribution is 5.92. The monoisotopic (exact) mass is 361 g/mol. The molecule has 0 aliphatic rings. The molecule has 0 aliphatic carbocycles. The van der Waals surface area contributed by atoms with E-state index in [4.69, 9.17) is 4.74 Å². The van der Waals surface area contributed by atoms with Gasteiger partial charge in [0.15, 0.2) is 0 Å². The molecule has 1 unspecified atom stereocenters. The zero-order chi connectivity index (χ0) is 19.1. The number of aromatic nitrogens is 1. The fraction of sp³-hybridized carbons (Fsp3) is 0.182. The van der Waals surface area contributed by atoms with Crippen LogP contribution in [0.5, 0.6) is 5.75 Å². The molecule has 0 saturated carbocycles. The van der Waals surface area contributed by atoms with Crippen LogP contribution in [0.4, 0.5) is 11.4 Å². The normalized spacial score (nSPS) is 11.5. The van der Waals surface area contributed by atoms with E-state index < -0.39 is 0 Å². The molecule has 0 radical (unpaired) electrons. The van der Waals surface area contributed by atoms with Crippen molar-refractivity contribution in [2.45, 2.75) is 19.9 Å². The molecule has 3 rings (SSSR count). The minimum Gasteiger partial charge on any atom is -0.492 e. The molecule has 0 saturated heterocycles. The van der Waals surface area contributed by atoms with Crippen LogP contribution >= 0.6 is 0 Å². The fourth-order valence-corrected chi connectivity index (χ4v) is 2.70. The SMILES string of the molecule is CCOc1ccccc1Nc1ccc(C(=O)NC(C)c2ccccc2)nc1. The maximum Gasteiger partial charge on any atom is 0.270 e. The second-order valence-corrected chi connectivity index (χ2v) is 6.09. The molecular formula is C22H23N3O2. The average molecular weight is 361 g/mol. The highest BCUT2D eigenvalue weighted by atomic mass is 16.5. The highest BCUT2D eigenvalue weighted by Gasteiger charge is 2.12. The van der Waals surface area contributed by atoms with Crippen molar-refractivity contribution in [1.29, 1.82) is 0 Å². The van der Waals surface area contributed by atoms with Gasteiger partial charge >= 0.3 is 0 Å². The summed E-state index contributed by atoms with van der Waals surface area (Å²) in [4.78, 5) is 16.7. The van der Waals surface area contributed by atoms with E-state index in [1.165, 1.54) is 0 Å². The Morgan fingerprint density at radius 2 is 1.78 bits per heavy atom. The van der Waals surface area contributed by atoms with Gasteiger partial charge in [-0.1, -0.05) is 42.5 Å². The molecular weight excluding hydrogens is 338 g/mol. The van der Waals surface area contributed by atoms with E-state index in [-0.39, 0.29) is 11.9 Å². The second-order valence-electron chi connectivity index (χ2n) is 6.09. The smallest absolute Gasteiger partial charge is 0.270 e. The Balaban J connectivity index is 1.66. The molecule has 0 aliphatic heterocycles. The standard InChI is InChI=1S/C22H23N3O2/c1-3-27-21-12-8-7-11-19(21)25-18-13-14-20(23-15-18)22(26)24-16(2)17-9-5-4-6-10-17/h4-16,25H,3H2,1-2H3,(H,24,26). The van der Waals surface area contributed by atoms with Gasteiger partial charge in [-0.05, 0) is 43.7 Å². The third kappa shape index (κ3) is 4.85. The molecule has 3 aromatic rings. The summed E-state index contributed by atoms with van der Waals surface area (Å²) in [5, 5.41) is 6.24. The predicted molar refractivity (Wildman–Crippen MR) is 107 cm³/mol. The minimum atomic E-state index is -0.201. The molecule has 1 atom stereocenters. The van der Waals surface area contributed by atoms with Crippen molar-refractivity contribution in [3.8, 4) is 5.75 Å². The molecule has 1 aromatic heterocycles. The van der Waals surface area contributed by atoms with Gasteiger partial charge in [0.1, 0.15) is 11.4 Å². The summed E-state index contributed by atoms with van der Waals surface area (Å²) in [6.45, 7) is 4.49. The van der Waals surface area contributed by atoms with E-state index in [1.807, 2.05) is 74.5 Å². The summed E-state index contributed by atoms with van der Waals surface area (Å²) in [7, 11) is 0. The van der Waals surface area contributed by atoms with E-state index >= 15 is 0 Å². The van der Waals surface area contributed by atoms with Crippen LogP contribution in [0.1, 0.15) is 35.9 Å². The quantitative estimate of drug-likeness (QED) is 0.639. The first-order chi connectivity index (χ1) is 13.2. The van der Waals surface area contributed by atoms with E-state index in [0.29, 0.717) is 12.3 Å². The lowest BCUT2D eigenvalue weighted by Crippen LogP contribution is -2.27. The Morgan fingerprint density at radius 3 is 2.48 bits per heavy atom. The number of para-hydroxylation sites is 2. The predicted octanol–water partition coefficient (Wildman–Crippen LogP) is 4.71. The van der Waals surface area contributed by atoms with Gasteiger partial charge in [0, 0.05) is 0 Å². The van der Waals surface area contributed by atoms with Crippen molar-refractivity contribution in [1.82, 2.24) is 10.3 Å². The lowest BCUT2D eigenvalue weighted by Gasteiger charge is -2.14. The van der Waals surface area contributed by atoms with Crippen LogP contribution < -0.4 is 15.4 Å². The van der Waals surface area contributed by atoms with Crippen molar-refractivity contribution in [2.75, 3.05) is 11.9 Å². The van der Waals surface area contributed by atoms with Gasteiger partial charge in [-0.3, -0.25) is 4.79 Å². The zero-order valence-corrected chi connectivity index (χ0v) is 15.5.